The lowest BCUT2D eigenvalue weighted by Gasteiger charge is -2.20. The topological polar surface area (TPSA) is 96.2 Å². The van der Waals surface area contributed by atoms with E-state index in [2.05, 4.69) is 40.2 Å². The molecule has 0 saturated heterocycles. The fourth-order valence-electron chi connectivity index (χ4n) is 4.84. The first kappa shape index (κ1) is 30.7. The molecule has 3 rings (SSSR count). The van der Waals surface area contributed by atoms with Gasteiger partial charge in [0.25, 0.3) is 0 Å². The van der Waals surface area contributed by atoms with Gasteiger partial charge in [-0.05, 0) is 84.6 Å². The van der Waals surface area contributed by atoms with Crippen molar-refractivity contribution >= 4 is 33.2 Å². The Morgan fingerprint density at radius 2 is 1.92 bits per heavy atom. The highest BCUT2D eigenvalue weighted by molar-refractivity contribution is 9.11. The molecular weight excluding hydrogens is 568 g/mol. The van der Waals surface area contributed by atoms with E-state index in [0.29, 0.717) is 24.8 Å². The van der Waals surface area contributed by atoms with E-state index in [-0.39, 0.29) is 24.5 Å². The van der Waals surface area contributed by atoms with E-state index >= 15 is 0 Å². The number of halogens is 1. The molecule has 0 amide bonds. The second kappa shape index (κ2) is 16.3. The monoisotopic (exact) mass is 606 g/mol. The zero-order valence-corrected chi connectivity index (χ0v) is 24.2. The second-order valence-corrected chi connectivity index (χ2v) is 12.3. The molecule has 0 aliphatic heterocycles. The molecular formula is C30H39BrO6S. The smallest absolute Gasteiger partial charge is 0.338 e. The summed E-state index contributed by atoms with van der Waals surface area (Å²) < 4.78 is 12.2. The molecule has 208 valence electrons. The summed E-state index contributed by atoms with van der Waals surface area (Å²) in [5, 5.41) is 30.7. The van der Waals surface area contributed by atoms with Crippen LogP contribution in [0.15, 0.2) is 70.6 Å². The molecule has 38 heavy (non-hydrogen) atoms. The van der Waals surface area contributed by atoms with E-state index < -0.39 is 24.3 Å². The molecule has 0 radical (unpaired) electrons. The lowest BCUT2D eigenvalue weighted by atomic mass is 9.89. The predicted molar refractivity (Wildman–Crippen MR) is 154 cm³/mol. The van der Waals surface area contributed by atoms with Crippen LogP contribution in [-0.2, 0) is 15.9 Å². The van der Waals surface area contributed by atoms with E-state index in [1.54, 1.807) is 42.7 Å². The highest BCUT2D eigenvalue weighted by Crippen LogP contribution is 2.36. The van der Waals surface area contributed by atoms with Crippen molar-refractivity contribution in [1.29, 1.82) is 0 Å². The van der Waals surface area contributed by atoms with Crippen LogP contribution in [-0.4, -0.2) is 59.4 Å². The molecule has 1 heterocycles. The maximum atomic E-state index is 12.2. The number of benzene rings is 1. The quantitative estimate of drug-likeness (QED) is 0.137. The van der Waals surface area contributed by atoms with Crippen molar-refractivity contribution in [3.8, 4) is 0 Å². The molecule has 1 aliphatic carbocycles. The van der Waals surface area contributed by atoms with Crippen molar-refractivity contribution < 1.29 is 29.6 Å². The number of carbonyl (C=O) groups is 1. The van der Waals surface area contributed by atoms with Crippen LogP contribution < -0.4 is 0 Å². The van der Waals surface area contributed by atoms with Crippen LogP contribution in [0.3, 0.4) is 0 Å². The number of aliphatic hydroxyl groups is 3. The van der Waals surface area contributed by atoms with Crippen LogP contribution >= 0.6 is 27.3 Å². The number of ether oxygens (including phenoxy) is 2. The third kappa shape index (κ3) is 9.74. The fourth-order valence-corrected chi connectivity index (χ4v) is 6.34. The number of esters is 1. The Bertz CT molecular complexity index is 1020. The molecule has 1 aliphatic rings. The molecule has 1 aromatic heterocycles. The average Bonchev–Trinajstić information content (AvgIpc) is 3.46. The minimum atomic E-state index is -0.574. The zero-order chi connectivity index (χ0) is 27.3. The highest BCUT2D eigenvalue weighted by Gasteiger charge is 2.39. The molecule has 1 saturated carbocycles. The Morgan fingerprint density at radius 3 is 2.61 bits per heavy atom. The summed E-state index contributed by atoms with van der Waals surface area (Å²) in [5.41, 5.74) is 0.472. The van der Waals surface area contributed by atoms with E-state index in [1.807, 2.05) is 18.2 Å². The molecule has 0 spiro atoms. The summed E-state index contributed by atoms with van der Waals surface area (Å²) in [7, 11) is 1.70. The van der Waals surface area contributed by atoms with Gasteiger partial charge in [0.1, 0.15) is 6.10 Å². The number of aryl methyl sites for hydroxylation is 1. The van der Waals surface area contributed by atoms with Gasteiger partial charge in [-0.15, -0.1) is 11.3 Å². The molecule has 1 aromatic carbocycles. The minimum Gasteiger partial charge on any atom is -0.456 e. The first-order valence-electron chi connectivity index (χ1n) is 13.2. The van der Waals surface area contributed by atoms with Gasteiger partial charge in [-0.3, -0.25) is 0 Å². The van der Waals surface area contributed by atoms with Crippen molar-refractivity contribution in [3.63, 3.8) is 0 Å². The highest BCUT2D eigenvalue weighted by atomic mass is 79.9. The van der Waals surface area contributed by atoms with Crippen LogP contribution in [0.2, 0.25) is 0 Å². The minimum absolute atomic E-state index is 0.0486. The number of hydrogen-bond donors (Lipinski definition) is 3. The van der Waals surface area contributed by atoms with Crippen LogP contribution in [0.25, 0.3) is 0 Å². The fraction of sp³-hybridized carbons (Fsp3) is 0.500. The van der Waals surface area contributed by atoms with Gasteiger partial charge in [-0.2, -0.15) is 0 Å². The summed E-state index contributed by atoms with van der Waals surface area (Å²) in [5.74, 6) is -0.608. The van der Waals surface area contributed by atoms with Crippen molar-refractivity contribution in [2.75, 3.05) is 13.7 Å². The van der Waals surface area contributed by atoms with Crippen molar-refractivity contribution in [2.45, 2.75) is 69.4 Å². The standard InChI is InChI=1S/C30H39BrO6S/c1-36-22(13-15-24-16-18-29(31)38-24)14-17-26-25(27(33)19-28(26)34)12-8-3-2-7-11-23(20-32)37-30(35)21-9-5-4-6-10-21/h3-6,8-10,14,16-18,22-23,25-28,32-34H,2,7,11-13,15,19-20H2,1H3/b8-3-,17-14+/t22?,23-,25?,26?,27?,28?/m1/s1. The molecule has 0 bridgehead atoms. The lowest BCUT2D eigenvalue weighted by molar-refractivity contribution is 0.0110. The molecule has 8 heteroatoms. The summed E-state index contributed by atoms with van der Waals surface area (Å²) >= 11 is 5.22. The van der Waals surface area contributed by atoms with Gasteiger partial charge < -0.3 is 24.8 Å². The SMILES string of the molecule is COC(/C=C/C1C(O)CC(O)C1C/C=C\CCC[C@H](CO)OC(=O)c1ccccc1)CCc1ccc(Br)s1. The predicted octanol–water partition coefficient (Wildman–Crippen LogP) is 5.71. The van der Waals surface area contributed by atoms with Crippen LogP contribution in [0, 0.1) is 11.8 Å². The first-order valence-corrected chi connectivity index (χ1v) is 14.9. The lowest BCUT2D eigenvalue weighted by Crippen LogP contribution is -2.22. The van der Waals surface area contributed by atoms with Crippen molar-refractivity contribution in [2.24, 2.45) is 11.8 Å². The number of hydrogen-bond acceptors (Lipinski definition) is 7. The van der Waals surface area contributed by atoms with Gasteiger partial charge in [-0.1, -0.05) is 42.5 Å². The van der Waals surface area contributed by atoms with Crippen molar-refractivity contribution in [1.82, 2.24) is 0 Å². The van der Waals surface area contributed by atoms with Gasteiger partial charge in [0.05, 0.1) is 34.3 Å². The van der Waals surface area contributed by atoms with Crippen LogP contribution in [0.5, 0.6) is 0 Å². The number of thiophene rings is 1. The number of aliphatic hydroxyl groups excluding tert-OH is 3. The molecule has 6 atom stereocenters. The number of unbranched alkanes of at least 4 members (excludes halogenated alkanes) is 1. The van der Waals surface area contributed by atoms with Gasteiger partial charge in [0, 0.05) is 24.3 Å². The van der Waals surface area contributed by atoms with E-state index in [9.17, 15) is 20.1 Å². The third-order valence-corrected chi connectivity index (χ3v) is 8.71. The van der Waals surface area contributed by atoms with E-state index in [1.165, 1.54) is 4.88 Å². The van der Waals surface area contributed by atoms with Gasteiger partial charge >= 0.3 is 5.97 Å². The summed E-state index contributed by atoms with van der Waals surface area (Å²) in [6.07, 6.45) is 11.4. The van der Waals surface area contributed by atoms with Crippen LogP contribution in [0.4, 0.5) is 0 Å². The summed E-state index contributed by atoms with van der Waals surface area (Å²) in [6, 6.07) is 12.9. The number of carbonyl (C=O) groups excluding carboxylic acids is 1. The Balaban J connectivity index is 1.42. The molecule has 3 N–H and O–H groups in total. The Labute approximate surface area is 238 Å². The summed E-state index contributed by atoms with van der Waals surface area (Å²) in [6.45, 7) is -0.213. The number of methoxy groups -OCH3 is 1. The molecule has 1 fully saturated rings. The largest absolute Gasteiger partial charge is 0.456 e. The number of allylic oxidation sites excluding steroid dienone is 2. The molecule has 2 aromatic rings. The number of rotatable bonds is 15. The summed E-state index contributed by atoms with van der Waals surface area (Å²) in [4.78, 5) is 13.5. The van der Waals surface area contributed by atoms with E-state index in [4.69, 9.17) is 9.47 Å². The first-order chi connectivity index (χ1) is 18.4. The van der Waals surface area contributed by atoms with Crippen molar-refractivity contribution in [3.05, 3.63) is 81.0 Å². The third-order valence-electron chi connectivity index (χ3n) is 7.03. The second-order valence-electron chi connectivity index (χ2n) is 9.73. The van der Waals surface area contributed by atoms with Crippen LogP contribution in [0.1, 0.15) is 53.8 Å². The maximum absolute atomic E-state index is 12.2. The van der Waals surface area contributed by atoms with E-state index in [0.717, 1.165) is 29.5 Å². The Morgan fingerprint density at radius 1 is 1.13 bits per heavy atom. The molecule has 6 nitrogen and oxygen atoms in total. The average molecular weight is 608 g/mol. The maximum Gasteiger partial charge on any atom is 0.338 e. The van der Waals surface area contributed by atoms with Gasteiger partial charge in [0.2, 0.25) is 0 Å². The molecule has 5 unspecified atom stereocenters. The normalized spacial score (nSPS) is 23.3. The Kier molecular flexibility index (Phi) is 13.2. The van der Waals surface area contributed by atoms with Gasteiger partial charge in [-0.25, -0.2) is 4.79 Å². The van der Waals surface area contributed by atoms with Gasteiger partial charge in [0.15, 0.2) is 0 Å². The Hall–Kier alpha value is -1.81. The zero-order valence-electron chi connectivity index (χ0n) is 21.8.